The van der Waals surface area contributed by atoms with Crippen molar-refractivity contribution in [2.24, 2.45) is 5.73 Å². The third kappa shape index (κ3) is 1.43. The zero-order chi connectivity index (χ0) is 11.0. The van der Waals surface area contributed by atoms with Crippen molar-refractivity contribution in [1.82, 2.24) is 4.98 Å². The number of benzene rings is 1. The molecule has 0 atom stereocenters. The molecular weight excluding hydrogens is 196 g/mol. The van der Waals surface area contributed by atoms with Crippen molar-refractivity contribution >= 4 is 22.6 Å². The van der Waals surface area contributed by atoms with Gasteiger partial charge < -0.3 is 15.8 Å². The molecule has 1 aromatic carbocycles. The number of nitrogens with one attached hydrogen (secondary N) is 1. The van der Waals surface area contributed by atoms with Gasteiger partial charge in [0.25, 0.3) is 11.7 Å². The molecular formula is C10H8N2O3. The number of H-pyrrole nitrogens is 1. The summed E-state index contributed by atoms with van der Waals surface area (Å²) < 4.78 is 0. The van der Waals surface area contributed by atoms with Crippen molar-refractivity contribution < 1.29 is 14.7 Å². The molecule has 0 saturated carbocycles. The maximum absolute atomic E-state index is 11.4. The SMILES string of the molecule is NC(=O)C(=O)c1c[nH]c2ccc(O)cc12. The largest absolute Gasteiger partial charge is 0.508 e. The van der Waals surface area contributed by atoms with Crippen LogP contribution < -0.4 is 5.73 Å². The van der Waals surface area contributed by atoms with E-state index in [1.807, 2.05) is 0 Å². The predicted molar refractivity (Wildman–Crippen MR) is 53.5 cm³/mol. The van der Waals surface area contributed by atoms with Gasteiger partial charge >= 0.3 is 0 Å². The van der Waals surface area contributed by atoms with E-state index in [1.54, 1.807) is 6.07 Å². The first-order valence-corrected chi connectivity index (χ1v) is 4.24. The molecule has 5 heteroatoms. The number of primary amides is 1. The summed E-state index contributed by atoms with van der Waals surface area (Å²) in [5.41, 5.74) is 5.73. The molecule has 0 bridgehead atoms. The molecule has 0 fully saturated rings. The molecule has 1 aromatic heterocycles. The van der Waals surface area contributed by atoms with Gasteiger partial charge in [-0.15, -0.1) is 0 Å². The number of ketones is 1. The van der Waals surface area contributed by atoms with Crippen LogP contribution in [-0.4, -0.2) is 21.8 Å². The highest BCUT2D eigenvalue weighted by molar-refractivity contribution is 6.44. The molecule has 76 valence electrons. The van der Waals surface area contributed by atoms with Crippen LogP contribution >= 0.6 is 0 Å². The average Bonchev–Trinajstić information content (AvgIpc) is 2.59. The van der Waals surface area contributed by atoms with Crippen LogP contribution in [-0.2, 0) is 4.79 Å². The van der Waals surface area contributed by atoms with Crippen molar-refractivity contribution in [3.05, 3.63) is 30.0 Å². The number of phenolic OH excluding ortho intramolecular Hbond substituents is 1. The van der Waals surface area contributed by atoms with Gasteiger partial charge in [-0.3, -0.25) is 9.59 Å². The first-order chi connectivity index (χ1) is 7.09. The number of Topliss-reactive ketones (excluding diaryl/α,β-unsaturated/α-hetero) is 1. The van der Waals surface area contributed by atoms with Crippen LogP contribution in [0.15, 0.2) is 24.4 Å². The number of amides is 1. The van der Waals surface area contributed by atoms with Crippen LogP contribution in [0.2, 0.25) is 0 Å². The first-order valence-electron chi connectivity index (χ1n) is 4.24. The fourth-order valence-electron chi connectivity index (χ4n) is 1.43. The molecule has 0 unspecified atom stereocenters. The summed E-state index contributed by atoms with van der Waals surface area (Å²) >= 11 is 0. The van der Waals surface area contributed by atoms with Crippen molar-refractivity contribution in [2.45, 2.75) is 0 Å². The Morgan fingerprint density at radius 3 is 2.73 bits per heavy atom. The highest BCUT2D eigenvalue weighted by Gasteiger charge is 2.16. The molecule has 0 saturated heterocycles. The van der Waals surface area contributed by atoms with E-state index in [4.69, 9.17) is 5.73 Å². The predicted octanol–water partition coefficient (Wildman–Crippen LogP) is 0.541. The normalized spacial score (nSPS) is 10.4. The fourth-order valence-corrected chi connectivity index (χ4v) is 1.43. The first kappa shape index (κ1) is 9.26. The Kier molecular flexibility index (Phi) is 1.93. The highest BCUT2D eigenvalue weighted by atomic mass is 16.3. The van der Waals surface area contributed by atoms with E-state index in [2.05, 4.69) is 4.98 Å². The van der Waals surface area contributed by atoms with E-state index in [-0.39, 0.29) is 11.3 Å². The molecule has 1 amide bonds. The number of carbonyl (C=O) groups is 2. The van der Waals surface area contributed by atoms with Crippen molar-refractivity contribution in [1.29, 1.82) is 0 Å². The summed E-state index contributed by atoms with van der Waals surface area (Å²) in [4.78, 5) is 24.9. The van der Waals surface area contributed by atoms with E-state index in [0.717, 1.165) is 0 Å². The van der Waals surface area contributed by atoms with Crippen LogP contribution in [0.3, 0.4) is 0 Å². The molecule has 0 aliphatic rings. The lowest BCUT2D eigenvalue weighted by Crippen LogP contribution is -2.22. The Hall–Kier alpha value is -2.30. The van der Waals surface area contributed by atoms with E-state index in [9.17, 15) is 14.7 Å². The summed E-state index contributed by atoms with van der Waals surface area (Å²) in [7, 11) is 0. The quantitative estimate of drug-likeness (QED) is 0.492. The molecule has 0 radical (unpaired) electrons. The molecule has 0 aliphatic carbocycles. The standard InChI is InChI=1S/C10H8N2O3/c11-10(15)9(14)7-4-12-8-2-1-5(13)3-6(7)8/h1-4,12-13H,(H2,11,15). The van der Waals surface area contributed by atoms with Gasteiger partial charge in [0.15, 0.2) is 0 Å². The maximum atomic E-state index is 11.4. The molecule has 0 aliphatic heterocycles. The van der Waals surface area contributed by atoms with Crippen molar-refractivity contribution in [2.75, 3.05) is 0 Å². The number of hydrogen-bond acceptors (Lipinski definition) is 3. The van der Waals surface area contributed by atoms with E-state index in [1.165, 1.54) is 18.3 Å². The number of aromatic hydroxyl groups is 1. The molecule has 2 rings (SSSR count). The molecule has 5 nitrogen and oxygen atoms in total. The summed E-state index contributed by atoms with van der Waals surface area (Å²) in [5.74, 6) is -1.76. The molecule has 4 N–H and O–H groups in total. The van der Waals surface area contributed by atoms with Gasteiger partial charge in [-0.1, -0.05) is 0 Å². The topological polar surface area (TPSA) is 96.2 Å². The minimum Gasteiger partial charge on any atom is -0.508 e. The van der Waals surface area contributed by atoms with Gasteiger partial charge in [0, 0.05) is 17.1 Å². The molecule has 2 aromatic rings. The second-order valence-corrected chi connectivity index (χ2v) is 3.13. The van der Waals surface area contributed by atoms with E-state index >= 15 is 0 Å². The number of rotatable bonds is 2. The molecule has 15 heavy (non-hydrogen) atoms. The zero-order valence-electron chi connectivity index (χ0n) is 7.65. The second kappa shape index (κ2) is 3.13. The molecule has 1 heterocycles. The lowest BCUT2D eigenvalue weighted by atomic mass is 10.1. The van der Waals surface area contributed by atoms with Crippen LogP contribution in [0.5, 0.6) is 5.75 Å². The third-order valence-electron chi connectivity index (χ3n) is 2.13. The summed E-state index contributed by atoms with van der Waals surface area (Å²) in [6.07, 6.45) is 1.40. The van der Waals surface area contributed by atoms with Crippen molar-refractivity contribution in [3.8, 4) is 5.75 Å². The average molecular weight is 204 g/mol. The van der Waals surface area contributed by atoms with Crippen molar-refractivity contribution in [3.63, 3.8) is 0 Å². The number of phenols is 1. The fraction of sp³-hybridized carbons (Fsp3) is 0. The monoisotopic (exact) mass is 204 g/mol. The van der Waals surface area contributed by atoms with Gasteiger partial charge in [0.2, 0.25) is 0 Å². The lowest BCUT2D eigenvalue weighted by Gasteiger charge is -1.95. The third-order valence-corrected chi connectivity index (χ3v) is 2.13. The van der Waals surface area contributed by atoms with Crippen LogP contribution in [0.4, 0.5) is 0 Å². The number of fused-ring (bicyclic) bond motifs is 1. The summed E-state index contributed by atoms with van der Waals surface area (Å²) in [5, 5.41) is 9.74. The maximum Gasteiger partial charge on any atom is 0.289 e. The summed E-state index contributed by atoms with van der Waals surface area (Å²) in [6.45, 7) is 0. The number of aromatic amines is 1. The minimum atomic E-state index is -1.01. The number of carbonyl (C=O) groups excluding carboxylic acids is 2. The van der Waals surface area contributed by atoms with Gasteiger partial charge in [-0.2, -0.15) is 0 Å². The molecule has 0 spiro atoms. The number of hydrogen-bond donors (Lipinski definition) is 3. The Bertz CT molecular complexity index is 557. The van der Waals surface area contributed by atoms with Crippen LogP contribution in [0.25, 0.3) is 10.9 Å². The van der Waals surface area contributed by atoms with Crippen LogP contribution in [0.1, 0.15) is 10.4 Å². The zero-order valence-corrected chi connectivity index (χ0v) is 7.65. The second-order valence-electron chi connectivity index (χ2n) is 3.13. The Morgan fingerprint density at radius 1 is 1.33 bits per heavy atom. The van der Waals surface area contributed by atoms with Crippen LogP contribution in [0, 0.1) is 0 Å². The van der Waals surface area contributed by atoms with Gasteiger partial charge in [0.1, 0.15) is 5.75 Å². The van der Waals surface area contributed by atoms with Gasteiger partial charge in [-0.25, -0.2) is 0 Å². The Morgan fingerprint density at radius 2 is 2.07 bits per heavy atom. The van der Waals surface area contributed by atoms with Gasteiger partial charge in [-0.05, 0) is 18.2 Å². The number of nitrogens with two attached hydrogens (primary N) is 1. The Labute approximate surface area is 84.5 Å². The minimum absolute atomic E-state index is 0.0284. The highest BCUT2D eigenvalue weighted by Crippen LogP contribution is 2.22. The Balaban J connectivity index is 2.67. The van der Waals surface area contributed by atoms with E-state index < -0.39 is 11.7 Å². The van der Waals surface area contributed by atoms with E-state index in [0.29, 0.717) is 10.9 Å². The number of aromatic nitrogens is 1. The van der Waals surface area contributed by atoms with Gasteiger partial charge in [0.05, 0.1) is 5.56 Å². The smallest absolute Gasteiger partial charge is 0.289 e. The lowest BCUT2D eigenvalue weighted by molar-refractivity contribution is -0.114. The summed E-state index contributed by atoms with van der Waals surface area (Å²) in [6, 6.07) is 4.50.